The van der Waals surface area contributed by atoms with Gasteiger partial charge in [-0.15, -0.1) is 0 Å². The van der Waals surface area contributed by atoms with E-state index in [0.29, 0.717) is 28.1 Å². The molecule has 0 saturated carbocycles. The molecule has 2 aromatic carbocycles. The third-order valence-electron chi connectivity index (χ3n) is 5.62. The fourth-order valence-corrected chi connectivity index (χ4v) is 5.55. The maximum absolute atomic E-state index is 13.4. The second-order valence-electron chi connectivity index (χ2n) is 8.03. The van der Waals surface area contributed by atoms with Gasteiger partial charge >= 0.3 is 6.18 Å². The largest absolute Gasteiger partial charge is 0.406 e. The van der Waals surface area contributed by atoms with Crippen molar-refractivity contribution in [3.8, 4) is 11.8 Å². The summed E-state index contributed by atoms with van der Waals surface area (Å²) in [5.74, 6) is 7.13. The van der Waals surface area contributed by atoms with E-state index >= 15 is 0 Å². The molecule has 0 amide bonds. The maximum atomic E-state index is 13.4. The number of halogens is 3. The quantitative estimate of drug-likeness (QED) is 0.326. The van der Waals surface area contributed by atoms with E-state index in [2.05, 4.69) is 22.5 Å². The van der Waals surface area contributed by atoms with Crippen LogP contribution in [0.5, 0.6) is 0 Å². The van der Waals surface area contributed by atoms with Crippen molar-refractivity contribution in [2.45, 2.75) is 36.5 Å². The Balaban J connectivity index is 1.58. The van der Waals surface area contributed by atoms with Gasteiger partial charge in [-0.05, 0) is 73.2 Å². The number of hydrogen-bond donors (Lipinski definition) is 3. The summed E-state index contributed by atoms with van der Waals surface area (Å²) in [6.45, 7) is -0.828. The van der Waals surface area contributed by atoms with Gasteiger partial charge in [0.25, 0.3) is 0 Å². The first kappa shape index (κ1) is 24.5. The molecular weight excluding hydrogens is 481 g/mol. The molecule has 34 heavy (non-hydrogen) atoms. The first-order chi connectivity index (χ1) is 16.3. The van der Waals surface area contributed by atoms with Crippen LogP contribution in [0.2, 0.25) is 0 Å². The van der Waals surface area contributed by atoms with Gasteiger partial charge in [-0.25, -0.2) is 0 Å². The molecule has 1 saturated heterocycles. The number of benzene rings is 2. The molecule has 0 bridgehead atoms. The first-order valence-corrected chi connectivity index (χ1v) is 13.2. The lowest BCUT2D eigenvalue weighted by Gasteiger charge is -2.24. The van der Waals surface area contributed by atoms with Crippen LogP contribution in [0.25, 0.3) is 10.9 Å². The number of aromatic nitrogens is 1. The highest BCUT2D eigenvalue weighted by atomic mass is 32.2. The summed E-state index contributed by atoms with van der Waals surface area (Å²) in [7, 11) is -0.778. The van der Waals surface area contributed by atoms with Gasteiger partial charge in [0.1, 0.15) is 6.54 Å². The molecule has 10 heteroatoms. The molecule has 0 atom stereocenters. The fraction of sp³-hybridized carbons (Fsp3) is 0.333. The van der Waals surface area contributed by atoms with E-state index in [1.165, 1.54) is 4.57 Å². The average molecular weight is 507 g/mol. The minimum Gasteiger partial charge on any atom is -0.382 e. The van der Waals surface area contributed by atoms with E-state index in [1.54, 1.807) is 18.2 Å². The number of anilines is 2. The van der Waals surface area contributed by atoms with Gasteiger partial charge in [0.05, 0.1) is 17.8 Å². The van der Waals surface area contributed by atoms with Crippen molar-refractivity contribution >= 4 is 45.0 Å². The maximum Gasteiger partial charge on any atom is 0.406 e. The second kappa shape index (κ2) is 10.8. The lowest BCUT2D eigenvalue weighted by atomic mass is 10.1. The van der Waals surface area contributed by atoms with Crippen LogP contribution in [0.4, 0.5) is 24.5 Å². The molecule has 0 unspecified atom stereocenters. The summed E-state index contributed by atoms with van der Waals surface area (Å²) in [6.07, 6.45) is -2.83. The van der Waals surface area contributed by atoms with E-state index < -0.39 is 23.5 Å². The predicted molar refractivity (Wildman–Crippen MR) is 134 cm³/mol. The smallest absolute Gasteiger partial charge is 0.382 e. The van der Waals surface area contributed by atoms with Gasteiger partial charge in [0.2, 0.25) is 0 Å². The third-order valence-corrected chi connectivity index (χ3v) is 7.54. The standard InChI is InChI=1S/C24H25F3N4OS2/c25-24(26,27)16-31-19(3-2-12-29-17-6-8-20(33-28)9-7-17)15-21-22(4-1-5-23(21)31)30-18-10-13-34(32)14-11-18/h1,4-9,15,18,29-30H,10-14,16,28H2. The zero-order valence-electron chi connectivity index (χ0n) is 18.3. The van der Waals surface area contributed by atoms with Crippen molar-refractivity contribution in [3.63, 3.8) is 0 Å². The summed E-state index contributed by atoms with van der Waals surface area (Å²) in [4.78, 5) is 0.930. The first-order valence-electron chi connectivity index (χ1n) is 10.8. The highest BCUT2D eigenvalue weighted by Crippen LogP contribution is 2.31. The van der Waals surface area contributed by atoms with Crippen LogP contribution in [0, 0.1) is 11.8 Å². The van der Waals surface area contributed by atoms with Crippen LogP contribution in [0.3, 0.4) is 0 Å². The number of fused-ring (bicyclic) bond motifs is 1. The minimum absolute atomic E-state index is 0.150. The van der Waals surface area contributed by atoms with Gasteiger partial charge < -0.3 is 15.2 Å². The Morgan fingerprint density at radius 2 is 1.88 bits per heavy atom. The molecule has 0 aliphatic carbocycles. The lowest BCUT2D eigenvalue weighted by molar-refractivity contribution is -0.140. The van der Waals surface area contributed by atoms with Gasteiger partial charge in [0, 0.05) is 50.0 Å². The summed E-state index contributed by atoms with van der Waals surface area (Å²) in [5, 5.41) is 12.8. The summed E-state index contributed by atoms with van der Waals surface area (Å²) < 4.78 is 53.0. The molecule has 180 valence electrons. The Morgan fingerprint density at radius 3 is 2.56 bits per heavy atom. The summed E-state index contributed by atoms with van der Waals surface area (Å²) in [5.41, 5.74) is 2.41. The Kier molecular flexibility index (Phi) is 7.76. The van der Waals surface area contributed by atoms with E-state index in [4.69, 9.17) is 5.14 Å². The minimum atomic E-state index is -4.37. The van der Waals surface area contributed by atoms with Crippen molar-refractivity contribution in [1.82, 2.24) is 4.57 Å². The average Bonchev–Trinajstić information content (AvgIpc) is 3.15. The molecule has 1 aliphatic rings. The Morgan fingerprint density at radius 1 is 1.15 bits per heavy atom. The summed E-state index contributed by atoms with van der Waals surface area (Å²) in [6, 6.07) is 14.7. The molecular formula is C24H25F3N4OS2. The van der Waals surface area contributed by atoms with Gasteiger partial charge in [0.15, 0.2) is 0 Å². The van der Waals surface area contributed by atoms with Gasteiger partial charge in [-0.1, -0.05) is 12.0 Å². The van der Waals surface area contributed by atoms with Crippen LogP contribution in [-0.4, -0.2) is 39.0 Å². The van der Waals surface area contributed by atoms with Crippen molar-refractivity contribution in [3.05, 3.63) is 54.2 Å². The molecule has 0 radical (unpaired) electrons. The van der Waals surface area contributed by atoms with E-state index in [-0.39, 0.29) is 12.6 Å². The number of nitrogens with one attached hydrogen (secondary N) is 2. The fourth-order valence-electron chi connectivity index (χ4n) is 3.95. The lowest BCUT2D eigenvalue weighted by Crippen LogP contribution is -2.29. The topological polar surface area (TPSA) is 72.1 Å². The van der Waals surface area contributed by atoms with Crippen molar-refractivity contribution in [1.29, 1.82) is 0 Å². The predicted octanol–water partition coefficient (Wildman–Crippen LogP) is 4.96. The molecule has 1 fully saturated rings. The zero-order valence-corrected chi connectivity index (χ0v) is 20.0. The normalized spacial score (nSPS) is 18.4. The molecule has 5 nitrogen and oxygen atoms in total. The molecule has 3 aromatic rings. The number of hydrogen-bond acceptors (Lipinski definition) is 5. The summed E-state index contributed by atoms with van der Waals surface area (Å²) >= 11 is 1.15. The number of rotatable bonds is 6. The van der Waals surface area contributed by atoms with Crippen molar-refractivity contribution in [2.75, 3.05) is 28.7 Å². The van der Waals surface area contributed by atoms with Gasteiger partial charge in [-0.3, -0.25) is 9.35 Å². The Labute approximate surface area is 203 Å². The van der Waals surface area contributed by atoms with Crippen LogP contribution in [0.15, 0.2) is 53.4 Å². The monoisotopic (exact) mass is 506 g/mol. The Hall–Kier alpha value is -2.61. The van der Waals surface area contributed by atoms with E-state index in [1.807, 2.05) is 30.3 Å². The number of nitrogens with zero attached hydrogens (tertiary/aromatic N) is 1. The van der Waals surface area contributed by atoms with Crippen LogP contribution in [-0.2, 0) is 17.3 Å². The van der Waals surface area contributed by atoms with Crippen LogP contribution < -0.4 is 15.8 Å². The molecule has 2 heterocycles. The highest BCUT2D eigenvalue weighted by molar-refractivity contribution is 7.97. The number of nitrogens with two attached hydrogens (primary N) is 1. The second-order valence-corrected chi connectivity index (χ2v) is 10.4. The van der Waals surface area contributed by atoms with Crippen LogP contribution >= 0.6 is 11.9 Å². The van der Waals surface area contributed by atoms with Crippen molar-refractivity contribution < 1.29 is 17.4 Å². The van der Waals surface area contributed by atoms with Crippen LogP contribution in [0.1, 0.15) is 18.5 Å². The third kappa shape index (κ3) is 6.29. The van der Waals surface area contributed by atoms with E-state index in [0.717, 1.165) is 41.1 Å². The number of alkyl halides is 3. The Bertz CT molecular complexity index is 1220. The molecule has 4 N–H and O–H groups in total. The highest BCUT2D eigenvalue weighted by Gasteiger charge is 2.30. The zero-order chi connectivity index (χ0) is 24.1. The van der Waals surface area contributed by atoms with Gasteiger partial charge in [-0.2, -0.15) is 13.2 Å². The molecule has 1 aliphatic heterocycles. The van der Waals surface area contributed by atoms with E-state index in [9.17, 15) is 17.4 Å². The molecule has 0 spiro atoms. The molecule has 1 aromatic heterocycles. The molecule has 4 rings (SSSR count). The van der Waals surface area contributed by atoms with Crippen molar-refractivity contribution in [2.24, 2.45) is 5.14 Å². The SMILES string of the molecule is NSc1ccc(NCC#Cc2cc3c(NC4CCS(=O)CC4)cccc3n2CC(F)(F)F)cc1.